The molecule has 19 heavy (non-hydrogen) atoms. The van der Waals surface area contributed by atoms with Gasteiger partial charge >= 0.3 is 0 Å². The van der Waals surface area contributed by atoms with Gasteiger partial charge in [-0.15, -0.1) is 0 Å². The van der Waals surface area contributed by atoms with Crippen molar-refractivity contribution in [1.29, 1.82) is 0 Å². The fourth-order valence-electron chi connectivity index (χ4n) is 1.44. The van der Waals surface area contributed by atoms with E-state index in [0.717, 1.165) is 6.07 Å². The molecule has 0 radical (unpaired) electrons. The number of sulfonamides is 1. The summed E-state index contributed by atoms with van der Waals surface area (Å²) < 4.78 is 44.8. The number of rotatable bonds is 7. The summed E-state index contributed by atoms with van der Waals surface area (Å²) in [5.74, 6) is -0.432. The molecule has 1 rings (SSSR count). The topological polar surface area (TPSA) is 67.4 Å². The molecule has 0 aromatic heterocycles. The molecular weight excluding hydrogens is 271 g/mol. The Bertz CT molecular complexity index is 520. The highest BCUT2D eigenvalue weighted by Crippen LogP contribution is 2.15. The third kappa shape index (κ3) is 4.54. The van der Waals surface area contributed by atoms with E-state index < -0.39 is 15.8 Å². The van der Waals surface area contributed by atoms with E-state index in [1.807, 2.05) is 0 Å². The summed E-state index contributed by atoms with van der Waals surface area (Å²) in [6, 6.07) is 3.72. The van der Waals surface area contributed by atoms with Crippen LogP contribution in [0.1, 0.15) is 12.5 Å². The minimum Gasteiger partial charge on any atom is -0.380 e. The van der Waals surface area contributed by atoms with Gasteiger partial charge in [0.1, 0.15) is 5.82 Å². The molecule has 1 unspecified atom stereocenters. The molecule has 5 nitrogen and oxygen atoms in total. The Hall–Kier alpha value is -1.02. The fourth-order valence-corrected chi connectivity index (χ4v) is 2.60. The molecule has 0 amide bonds. The highest BCUT2D eigenvalue weighted by molar-refractivity contribution is 7.89. The van der Waals surface area contributed by atoms with Crippen molar-refractivity contribution in [3.63, 3.8) is 0 Å². The van der Waals surface area contributed by atoms with Crippen LogP contribution in [0.25, 0.3) is 0 Å². The van der Waals surface area contributed by atoms with E-state index in [-0.39, 0.29) is 24.1 Å². The van der Waals surface area contributed by atoms with Gasteiger partial charge in [-0.2, -0.15) is 0 Å². The number of halogens is 1. The molecule has 1 aromatic carbocycles. The highest BCUT2D eigenvalue weighted by atomic mass is 32.2. The zero-order valence-corrected chi connectivity index (χ0v) is 12.1. The molecule has 0 fully saturated rings. The molecule has 2 N–H and O–H groups in total. The van der Waals surface area contributed by atoms with Crippen molar-refractivity contribution in [2.75, 3.05) is 20.7 Å². The summed E-state index contributed by atoms with van der Waals surface area (Å²) in [7, 11) is -0.480. The molecule has 1 atom stereocenters. The smallest absolute Gasteiger partial charge is 0.240 e. The zero-order valence-electron chi connectivity index (χ0n) is 11.2. The predicted octanol–water partition coefficient (Wildman–Crippen LogP) is 0.858. The van der Waals surface area contributed by atoms with Crippen molar-refractivity contribution in [3.8, 4) is 0 Å². The molecule has 7 heteroatoms. The Labute approximate surface area is 113 Å². The summed E-state index contributed by atoms with van der Waals surface area (Å²) >= 11 is 0. The van der Waals surface area contributed by atoms with Crippen LogP contribution in [0.2, 0.25) is 0 Å². The van der Waals surface area contributed by atoms with Crippen LogP contribution in [-0.2, 0) is 21.3 Å². The molecule has 0 aliphatic rings. The molecule has 0 aliphatic heterocycles. The third-order valence-corrected chi connectivity index (χ3v) is 4.08. The summed E-state index contributed by atoms with van der Waals surface area (Å²) in [6.07, 6.45) is -0.230. The van der Waals surface area contributed by atoms with E-state index in [0.29, 0.717) is 5.56 Å². The molecule has 0 spiro atoms. The first-order valence-corrected chi connectivity index (χ1v) is 7.34. The highest BCUT2D eigenvalue weighted by Gasteiger charge is 2.16. The average molecular weight is 290 g/mol. The van der Waals surface area contributed by atoms with E-state index in [1.165, 1.54) is 19.2 Å². The Morgan fingerprint density at radius 2 is 2.11 bits per heavy atom. The lowest BCUT2D eigenvalue weighted by Gasteiger charge is -2.12. The second-order valence-electron chi connectivity index (χ2n) is 4.18. The second-order valence-corrected chi connectivity index (χ2v) is 5.95. The van der Waals surface area contributed by atoms with Gasteiger partial charge in [0.2, 0.25) is 10.0 Å². The van der Waals surface area contributed by atoms with Gasteiger partial charge in [0.05, 0.1) is 11.0 Å². The van der Waals surface area contributed by atoms with E-state index in [9.17, 15) is 12.8 Å². The van der Waals surface area contributed by atoms with E-state index >= 15 is 0 Å². The normalized spacial score (nSPS) is 13.5. The predicted molar refractivity (Wildman–Crippen MR) is 70.8 cm³/mol. The molecule has 108 valence electrons. The maximum atomic E-state index is 13.4. The van der Waals surface area contributed by atoms with Gasteiger partial charge in [0, 0.05) is 25.8 Å². The first kappa shape index (κ1) is 16.0. The van der Waals surface area contributed by atoms with Crippen molar-refractivity contribution >= 4 is 10.0 Å². The summed E-state index contributed by atoms with van der Waals surface area (Å²) in [4.78, 5) is 0.0439. The molecule has 0 saturated heterocycles. The van der Waals surface area contributed by atoms with Crippen LogP contribution < -0.4 is 10.0 Å². The minimum atomic E-state index is -3.65. The van der Waals surface area contributed by atoms with Crippen molar-refractivity contribution in [2.45, 2.75) is 24.5 Å². The maximum Gasteiger partial charge on any atom is 0.240 e. The molecule has 0 aliphatic carbocycles. The van der Waals surface area contributed by atoms with Gasteiger partial charge in [0.15, 0.2) is 0 Å². The zero-order chi connectivity index (χ0) is 14.5. The van der Waals surface area contributed by atoms with Crippen LogP contribution in [0, 0.1) is 5.82 Å². The number of benzene rings is 1. The number of ether oxygens (including phenoxy) is 1. The van der Waals surface area contributed by atoms with Crippen molar-refractivity contribution in [2.24, 2.45) is 0 Å². The van der Waals surface area contributed by atoms with Gasteiger partial charge in [0.25, 0.3) is 0 Å². The van der Waals surface area contributed by atoms with E-state index in [1.54, 1.807) is 14.0 Å². The van der Waals surface area contributed by atoms with Crippen molar-refractivity contribution in [3.05, 3.63) is 29.6 Å². The average Bonchev–Trinajstić information content (AvgIpc) is 2.38. The van der Waals surface area contributed by atoms with Crippen molar-refractivity contribution in [1.82, 2.24) is 10.0 Å². The van der Waals surface area contributed by atoms with Gasteiger partial charge in [-0.25, -0.2) is 17.5 Å². The SMILES string of the molecule is CNCc1cc(S(=O)(=O)NCC(C)OC)ccc1F. The monoisotopic (exact) mass is 290 g/mol. The van der Waals surface area contributed by atoms with E-state index in [2.05, 4.69) is 10.0 Å². The number of methoxy groups -OCH3 is 1. The van der Waals surface area contributed by atoms with E-state index in [4.69, 9.17) is 4.74 Å². The second kappa shape index (κ2) is 6.95. The molecule has 1 aromatic rings. The Morgan fingerprint density at radius 1 is 1.42 bits per heavy atom. The molecular formula is C12H19FN2O3S. The van der Waals surface area contributed by atoms with Crippen LogP contribution in [0.5, 0.6) is 0 Å². The maximum absolute atomic E-state index is 13.4. The van der Waals surface area contributed by atoms with Gasteiger partial charge in [-0.3, -0.25) is 0 Å². The lowest BCUT2D eigenvalue weighted by atomic mass is 10.2. The molecule has 0 heterocycles. The first-order valence-electron chi connectivity index (χ1n) is 5.86. The summed E-state index contributed by atoms with van der Waals surface area (Å²) in [5.41, 5.74) is 0.310. The van der Waals surface area contributed by atoms with Gasteiger partial charge < -0.3 is 10.1 Å². The standard InChI is InChI=1S/C12H19FN2O3S/c1-9(18-3)7-15-19(16,17)11-4-5-12(13)10(6-11)8-14-2/h4-6,9,14-15H,7-8H2,1-3H3. The largest absolute Gasteiger partial charge is 0.380 e. The minimum absolute atomic E-state index is 0.0439. The van der Waals surface area contributed by atoms with Crippen LogP contribution in [0.15, 0.2) is 23.1 Å². The van der Waals surface area contributed by atoms with Gasteiger partial charge in [-0.1, -0.05) is 0 Å². The van der Waals surface area contributed by atoms with Crippen LogP contribution in [0.3, 0.4) is 0 Å². The lowest BCUT2D eigenvalue weighted by molar-refractivity contribution is 0.122. The van der Waals surface area contributed by atoms with Crippen LogP contribution in [-0.4, -0.2) is 35.2 Å². The fraction of sp³-hybridized carbons (Fsp3) is 0.500. The Kier molecular flexibility index (Phi) is 5.86. The Balaban J connectivity index is 2.92. The third-order valence-electron chi connectivity index (χ3n) is 2.66. The van der Waals surface area contributed by atoms with Crippen molar-refractivity contribution < 1.29 is 17.5 Å². The van der Waals surface area contributed by atoms with Crippen LogP contribution in [0.4, 0.5) is 4.39 Å². The quantitative estimate of drug-likeness (QED) is 0.781. The lowest BCUT2D eigenvalue weighted by Crippen LogP contribution is -2.31. The van der Waals surface area contributed by atoms with Crippen LogP contribution >= 0.6 is 0 Å². The number of hydrogen-bond donors (Lipinski definition) is 2. The summed E-state index contributed by atoms with van der Waals surface area (Å²) in [5, 5.41) is 2.79. The number of nitrogens with one attached hydrogen (secondary N) is 2. The number of hydrogen-bond acceptors (Lipinski definition) is 4. The summed E-state index contributed by atoms with van der Waals surface area (Å²) in [6.45, 7) is 2.18. The molecule has 0 bridgehead atoms. The first-order chi connectivity index (χ1) is 8.90. The van der Waals surface area contributed by atoms with Gasteiger partial charge in [-0.05, 0) is 32.2 Å². The molecule has 0 saturated carbocycles. The Morgan fingerprint density at radius 3 is 2.68 bits per heavy atom.